The standard InChI is InChI=1S/C19H20FN3O3/c1-14-11-16(5-6-18(14)23(25)26)19(24)22-9-7-21(8-10-22)13-15-3-2-4-17(20)12-15/h2-6,11-12H,7-10,13H2,1H3. The lowest BCUT2D eigenvalue weighted by Gasteiger charge is -2.34. The van der Waals surface area contributed by atoms with E-state index in [1.54, 1.807) is 24.0 Å². The fraction of sp³-hybridized carbons (Fsp3) is 0.316. The quantitative estimate of drug-likeness (QED) is 0.623. The Morgan fingerprint density at radius 2 is 1.88 bits per heavy atom. The number of nitro groups is 1. The molecule has 0 atom stereocenters. The van der Waals surface area contributed by atoms with E-state index >= 15 is 0 Å². The number of nitrogens with zero attached hydrogens (tertiary/aromatic N) is 3. The van der Waals surface area contributed by atoms with E-state index < -0.39 is 4.92 Å². The van der Waals surface area contributed by atoms with E-state index in [4.69, 9.17) is 0 Å². The van der Waals surface area contributed by atoms with Gasteiger partial charge in [-0.3, -0.25) is 19.8 Å². The molecule has 1 aliphatic rings. The van der Waals surface area contributed by atoms with Crippen molar-refractivity contribution in [3.8, 4) is 0 Å². The van der Waals surface area contributed by atoms with Crippen LogP contribution in [-0.2, 0) is 6.54 Å². The number of halogens is 1. The van der Waals surface area contributed by atoms with Gasteiger partial charge in [-0.15, -0.1) is 0 Å². The Morgan fingerprint density at radius 3 is 2.50 bits per heavy atom. The summed E-state index contributed by atoms with van der Waals surface area (Å²) < 4.78 is 13.3. The maximum Gasteiger partial charge on any atom is 0.272 e. The molecule has 136 valence electrons. The largest absolute Gasteiger partial charge is 0.336 e. The van der Waals surface area contributed by atoms with Crippen LogP contribution in [0.1, 0.15) is 21.5 Å². The average Bonchev–Trinajstić information content (AvgIpc) is 2.61. The Labute approximate surface area is 151 Å². The molecule has 3 rings (SSSR count). The number of hydrogen-bond donors (Lipinski definition) is 0. The number of carbonyl (C=O) groups is 1. The van der Waals surface area contributed by atoms with Gasteiger partial charge in [0.15, 0.2) is 0 Å². The Kier molecular flexibility index (Phi) is 5.27. The van der Waals surface area contributed by atoms with E-state index in [0.29, 0.717) is 43.9 Å². The van der Waals surface area contributed by atoms with Crippen LogP contribution in [0.15, 0.2) is 42.5 Å². The molecule has 6 nitrogen and oxygen atoms in total. The molecule has 0 aliphatic carbocycles. The van der Waals surface area contributed by atoms with Crippen molar-refractivity contribution in [1.29, 1.82) is 0 Å². The summed E-state index contributed by atoms with van der Waals surface area (Å²) in [6, 6.07) is 11.0. The Balaban J connectivity index is 1.60. The first-order chi connectivity index (χ1) is 12.4. The van der Waals surface area contributed by atoms with Crippen LogP contribution in [0.3, 0.4) is 0 Å². The zero-order chi connectivity index (χ0) is 18.7. The van der Waals surface area contributed by atoms with Crippen LogP contribution in [-0.4, -0.2) is 46.8 Å². The van der Waals surface area contributed by atoms with E-state index in [2.05, 4.69) is 4.90 Å². The maximum absolute atomic E-state index is 13.3. The van der Waals surface area contributed by atoms with E-state index in [1.165, 1.54) is 24.3 Å². The Morgan fingerprint density at radius 1 is 1.15 bits per heavy atom. The van der Waals surface area contributed by atoms with Gasteiger partial charge in [0.2, 0.25) is 0 Å². The molecule has 0 bridgehead atoms. The predicted molar refractivity (Wildman–Crippen MR) is 95.4 cm³/mol. The first-order valence-corrected chi connectivity index (χ1v) is 8.45. The second kappa shape index (κ2) is 7.61. The molecular weight excluding hydrogens is 337 g/mol. The molecule has 7 heteroatoms. The van der Waals surface area contributed by atoms with E-state index in [1.807, 2.05) is 6.07 Å². The van der Waals surface area contributed by atoms with Gasteiger partial charge in [0.25, 0.3) is 11.6 Å². The highest BCUT2D eigenvalue weighted by Gasteiger charge is 2.23. The summed E-state index contributed by atoms with van der Waals surface area (Å²) in [4.78, 5) is 27.0. The SMILES string of the molecule is Cc1cc(C(=O)N2CCN(Cc3cccc(F)c3)CC2)ccc1[N+](=O)[O-]. The van der Waals surface area contributed by atoms with Crippen LogP contribution >= 0.6 is 0 Å². The lowest BCUT2D eigenvalue weighted by Crippen LogP contribution is -2.48. The molecule has 0 saturated carbocycles. The smallest absolute Gasteiger partial charge is 0.272 e. The monoisotopic (exact) mass is 357 g/mol. The number of benzene rings is 2. The Hall–Kier alpha value is -2.80. The summed E-state index contributed by atoms with van der Waals surface area (Å²) in [5.74, 6) is -0.363. The van der Waals surface area contributed by atoms with Gasteiger partial charge in [-0.1, -0.05) is 12.1 Å². The van der Waals surface area contributed by atoms with Crippen LogP contribution in [0, 0.1) is 22.9 Å². The molecule has 0 aromatic heterocycles. The minimum absolute atomic E-state index is 0.0152. The average molecular weight is 357 g/mol. The molecule has 2 aromatic carbocycles. The van der Waals surface area contributed by atoms with Gasteiger partial charge in [-0.25, -0.2) is 4.39 Å². The molecule has 1 aliphatic heterocycles. The third-order valence-corrected chi connectivity index (χ3v) is 4.60. The lowest BCUT2D eigenvalue weighted by atomic mass is 10.1. The van der Waals surface area contributed by atoms with Gasteiger partial charge >= 0.3 is 0 Å². The first-order valence-electron chi connectivity index (χ1n) is 8.45. The fourth-order valence-electron chi connectivity index (χ4n) is 3.18. The zero-order valence-electron chi connectivity index (χ0n) is 14.5. The minimum Gasteiger partial charge on any atom is -0.336 e. The first kappa shape index (κ1) is 18.0. The molecule has 1 fully saturated rings. The molecule has 1 amide bonds. The molecule has 0 radical (unpaired) electrons. The Bertz CT molecular complexity index is 833. The lowest BCUT2D eigenvalue weighted by molar-refractivity contribution is -0.385. The predicted octanol–water partition coefficient (Wildman–Crippen LogP) is 3.00. The van der Waals surface area contributed by atoms with E-state index in [9.17, 15) is 19.3 Å². The van der Waals surface area contributed by atoms with E-state index in [0.717, 1.165) is 5.56 Å². The van der Waals surface area contributed by atoms with Crippen LogP contribution in [0.5, 0.6) is 0 Å². The van der Waals surface area contributed by atoms with Crippen molar-refractivity contribution in [2.24, 2.45) is 0 Å². The molecular formula is C19H20FN3O3. The van der Waals surface area contributed by atoms with Gasteiger partial charge in [0, 0.05) is 49.9 Å². The van der Waals surface area contributed by atoms with E-state index in [-0.39, 0.29) is 17.4 Å². The number of carbonyl (C=O) groups excluding carboxylic acids is 1. The van der Waals surface area contributed by atoms with Crippen molar-refractivity contribution in [3.63, 3.8) is 0 Å². The van der Waals surface area contributed by atoms with Gasteiger partial charge in [0.05, 0.1) is 4.92 Å². The molecule has 2 aromatic rings. The summed E-state index contributed by atoms with van der Waals surface area (Å²) >= 11 is 0. The minimum atomic E-state index is -0.450. The third kappa shape index (κ3) is 4.05. The van der Waals surface area contributed by atoms with Crippen molar-refractivity contribution < 1.29 is 14.1 Å². The number of nitro benzene ring substituents is 1. The van der Waals surface area contributed by atoms with Gasteiger partial charge in [-0.2, -0.15) is 0 Å². The summed E-state index contributed by atoms with van der Waals surface area (Å²) in [7, 11) is 0. The molecule has 26 heavy (non-hydrogen) atoms. The van der Waals surface area contributed by atoms with Gasteiger partial charge in [0.1, 0.15) is 5.82 Å². The van der Waals surface area contributed by atoms with Crippen molar-refractivity contribution in [3.05, 3.63) is 75.1 Å². The summed E-state index contributed by atoms with van der Waals surface area (Å²) in [5.41, 5.74) is 1.87. The van der Waals surface area contributed by atoms with Crippen LogP contribution in [0.2, 0.25) is 0 Å². The highest BCUT2D eigenvalue weighted by atomic mass is 19.1. The van der Waals surface area contributed by atoms with Crippen molar-refractivity contribution in [2.75, 3.05) is 26.2 Å². The highest BCUT2D eigenvalue weighted by molar-refractivity contribution is 5.94. The molecule has 0 spiro atoms. The number of aryl methyl sites for hydroxylation is 1. The number of piperazine rings is 1. The van der Waals surface area contributed by atoms with Gasteiger partial charge < -0.3 is 4.90 Å². The second-order valence-corrected chi connectivity index (χ2v) is 6.46. The van der Waals surface area contributed by atoms with Crippen molar-refractivity contribution in [2.45, 2.75) is 13.5 Å². The van der Waals surface area contributed by atoms with Crippen molar-refractivity contribution >= 4 is 11.6 Å². The number of amides is 1. The highest BCUT2D eigenvalue weighted by Crippen LogP contribution is 2.20. The summed E-state index contributed by atoms with van der Waals surface area (Å²) in [5, 5.41) is 10.9. The maximum atomic E-state index is 13.3. The summed E-state index contributed by atoms with van der Waals surface area (Å²) in [6.45, 7) is 4.83. The molecule has 0 N–H and O–H groups in total. The topological polar surface area (TPSA) is 66.7 Å². The zero-order valence-corrected chi connectivity index (χ0v) is 14.5. The fourth-order valence-corrected chi connectivity index (χ4v) is 3.18. The third-order valence-electron chi connectivity index (χ3n) is 4.60. The summed E-state index contributed by atoms with van der Waals surface area (Å²) in [6.07, 6.45) is 0. The van der Waals surface area contributed by atoms with Crippen LogP contribution < -0.4 is 0 Å². The molecule has 0 unspecified atom stereocenters. The second-order valence-electron chi connectivity index (χ2n) is 6.46. The van der Waals surface area contributed by atoms with Gasteiger partial charge in [-0.05, 0) is 36.8 Å². The van der Waals surface area contributed by atoms with Crippen molar-refractivity contribution in [1.82, 2.24) is 9.80 Å². The number of rotatable bonds is 4. The number of hydrogen-bond acceptors (Lipinski definition) is 4. The van der Waals surface area contributed by atoms with Crippen LogP contribution in [0.25, 0.3) is 0 Å². The molecule has 1 heterocycles. The normalized spacial score (nSPS) is 15.1. The molecule has 1 saturated heterocycles. The van der Waals surface area contributed by atoms with Crippen LogP contribution in [0.4, 0.5) is 10.1 Å².